The predicted octanol–water partition coefficient (Wildman–Crippen LogP) is 3.61. The van der Waals surface area contributed by atoms with Crippen LogP contribution in [0.15, 0.2) is 0 Å². The van der Waals surface area contributed by atoms with Gasteiger partial charge in [0.25, 0.3) is 0 Å². The van der Waals surface area contributed by atoms with Crippen LogP contribution in [0.2, 0.25) is 0 Å². The molecule has 1 rings (SSSR count). The highest BCUT2D eigenvalue weighted by Gasteiger charge is 2.18. The molecule has 0 amide bonds. The van der Waals surface area contributed by atoms with Crippen LogP contribution in [-0.4, -0.2) is 25.8 Å². The summed E-state index contributed by atoms with van der Waals surface area (Å²) in [7, 11) is 1.79. The normalized spacial score (nSPS) is 26.1. The van der Waals surface area contributed by atoms with E-state index in [0.29, 0.717) is 0 Å². The van der Waals surface area contributed by atoms with Gasteiger partial charge in [-0.25, -0.2) is 0 Å². The van der Waals surface area contributed by atoms with Crippen molar-refractivity contribution in [1.29, 1.82) is 0 Å². The fourth-order valence-electron chi connectivity index (χ4n) is 2.54. The molecule has 0 aromatic carbocycles. The zero-order valence-corrected chi connectivity index (χ0v) is 12.2. The molecule has 1 fully saturated rings. The van der Waals surface area contributed by atoms with E-state index >= 15 is 0 Å². The zero-order chi connectivity index (χ0) is 12.7. The standard InChI is InChI=1S/C15H31NO/c1-13-5-7-14(8-6-13)9-11-16-12-10-15(2,3)17-4/h13-14,16H,5-12H2,1-4H3. The average molecular weight is 241 g/mol. The first-order chi connectivity index (χ1) is 8.03. The minimum absolute atomic E-state index is 0.0211. The SMILES string of the molecule is COC(C)(C)CCNCCC1CCC(C)CC1. The molecule has 1 N–H and O–H groups in total. The first-order valence-electron chi connectivity index (χ1n) is 7.29. The third-order valence-corrected chi connectivity index (χ3v) is 4.32. The van der Waals surface area contributed by atoms with Crippen molar-refractivity contribution in [2.75, 3.05) is 20.2 Å². The van der Waals surface area contributed by atoms with Crippen LogP contribution in [0, 0.1) is 11.8 Å². The molecule has 102 valence electrons. The van der Waals surface area contributed by atoms with Crippen LogP contribution in [-0.2, 0) is 4.74 Å². The third kappa shape index (κ3) is 6.42. The van der Waals surface area contributed by atoms with Crippen molar-refractivity contribution in [3.63, 3.8) is 0 Å². The molecule has 1 saturated carbocycles. The highest BCUT2D eigenvalue weighted by Crippen LogP contribution is 2.29. The first-order valence-corrected chi connectivity index (χ1v) is 7.29. The van der Waals surface area contributed by atoms with Crippen molar-refractivity contribution < 1.29 is 4.74 Å². The minimum atomic E-state index is 0.0211. The minimum Gasteiger partial charge on any atom is -0.379 e. The Bertz CT molecular complexity index is 195. The lowest BCUT2D eigenvalue weighted by Crippen LogP contribution is -2.30. The van der Waals surface area contributed by atoms with Gasteiger partial charge in [0.05, 0.1) is 5.60 Å². The molecule has 1 aliphatic carbocycles. The quantitative estimate of drug-likeness (QED) is 0.688. The maximum Gasteiger partial charge on any atom is 0.0634 e. The van der Waals surface area contributed by atoms with Crippen LogP contribution in [0.3, 0.4) is 0 Å². The van der Waals surface area contributed by atoms with E-state index in [1.54, 1.807) is 7.11 Å². The summed E-state index contributed by atoms with van der Waals surface area (Å²) in [5, 5.41) is 3.55. The number of hydrogen-bond acceptors (Lipinski definition) is 2. The van der Waals surface area contributed by atoms with Gasteiger partial charge in [0.15, 0.2) is 0 Å². The zero-order valence-electron chi connectivity index (χ0n) is 12.2. The summed E-state index contributed by atoms with van der Waals surface area (Å²) in [6.45, 7) is 8.94. The molecule has 0 unspecified atom stereocenters. The van der Waals surface area contributed by atoms with Gasteiger partial charge in [-0.3, -0.25) is 0 Å². The van der Waals surface area contributed by atoms with Crippen LogP contribution >= 0.6 is 0 Å². The summed E-state index contributed by atoms with van der Waals surface area (Å²) in [5.41, 5.74) is 0.0211. The second-order valence-electron chi connectivity index (χ2n) is 6.38. The maximum atomic E-state index is 5.41. The van der Waals surface area contributed by atoms with Crippen molar-refractivity contribution >= 4 is 0 Å². The highest BCUT2D eigenvalue weighted by atomic mass is 16.5. The van der Waals surface area contributed by atoms with Gasteiger partial charge in [0.2, 0.25) is 0 Å². The van der Waals surface area contributed by atoms with Crippen molar-refractivity contribution in [3.8, 4) is 0 Å². The second kappa shape index (κ2) is 7.38. The van der Waals surface area contributed by atoms with Gasteiger partial charge in [0.1, 0.15) is 0 Å². The fraction of sp³-hybridized carbons (Fsp3) is 1.00. The van der Waals surface area contributed by atoms with Gasteiger partial charge < -0.3 is 10.1 Å². The number of methoxy groups -OCH3 is 1. The third-order valence-electron chi connectivity index (χ3n) is 4.32. The Morgan fingerprint density at radius 3 is 2.35 bits per heavy atom. The van der Waals surface area contributed by atoms with Crippen molar-refractivity contribution in [3.05, 3.63) is 0 Å². The molecule has 0 aromatic rings. The average Bonchev–Trinajstić information content (AvgIpc) is 2.31. The molecule has 0 saturated heterocycles. The Morgan fingerprint density at radius 2 is 1.76 bits per heavy atom. The molecule has 2 heteroatoms. The summed E-state index contributed by atoms with van der Waals surface area (Å²) >= 11 is 0. The first kappa shape index (κ1) is 15.0. The van der Waals surface area contributed by atoms with Gasteiger partial charge in [-0.15, -0.1) is 0 Å². The maximum absolute atomic E-state index is 5.41. The van der Waals surface area contributed by atoms with Crippen molar-refractivity contribution in [2.24, 2.45) is 11.8 Å². The molecule has 0 spiro atoms. The molecule has 0 atom stereocenters. The Balaban J connectivity index is 1.97. The van der Waals surface area contributed by atoms with Crippen LogP contribution in [0.1, 0.15) is 59.3 Å². The molecule has 0 aliphatic heterocycles. The van der Waals surface area contributed by atoms with Crippen LogP contribution < -0.4 is 5.32 Å². The molecule has 0 bridgehead atoms. The summed E-state index contributed by atoms with van der Waals surface area (Å²) in [6.07, 6.45) is 8.24. The van der Waals surface area contributed by atoms with E-state index in [1.807, 2.05) is 0 Å². The fourth-order valence-corrected chi connectivity index (χ4v) is 2.54. The van der Waals surface area contributed by atoms with Crippen molar-refractivity contribution in [2.45, 2.75) is 64.9 Å². The molecule has 17 heavy (non-hydrogen) atoms. The Kier molecular flexibility index (Phi) is 6.50. The molecule has 0 radical (unpaired) electrons. The lowest BCUT2D eigenvalue weighted by molar-refractivity contribution is 0.0158. The molecular weight excluding hydrogens is 210 g/mol. The van der Waals surface area contributed by atoms with E-state index in [-0.39, 0.29) is 5.60 Å². The summed E-state index contributed by atoms with van der Waals surface area (Å²) in [4.78, 5) is 0. The molecule has 0 aromatic heterocycles. The Hall–Kier alpha value is -0.0800. The lowest BCUT2D eigenvalue weighted by atomic mass is 9.81. The molecular formula is C15H31NO. The Morgan fingerprint density at radius 1 is 1.12 bits per heavy atom. The largest absolute Gasteiger partial charge is 0.379 e. The number of nitrogens with one attached hydrogen (secondary N) is 1. The lowest BCUT2D eigenvalue weighted by Gasteiger charge is -2.26. The van der Waals surface area contributed by atoms with E-state index in [4.69, 9.17) is 4.74 Å². The monoisotopic (exact) mass is 241 g/mol. The van der Waals surface area contributed by atoms with Gasteiger partial charge in [0, 0.05) is 7.11 Å². The van der Waals surface area contributed by atoms with Gasteiger partial charge >= 0.3 is 0 Å². The molecule has 0 heterocycles. The Labute approximate surface area is 108 Å². The van der Waals surface area contributed by atoms with Crippen molar-refractivity contribution in [1.82, 2.24) is 5.32 Å². The van der Waals surface area contributed by atoms with E-state index in [2.05, 4.69) is 26.1 Å². The number of ether oxygens (including phenoxy) is 1. The predicted molar refractivity (Wildman–Crippen MR) is 74.3 cm³/mol. The smallest absolute Gasteiger partial charge is 0.0634 e. The van der Waals surface area contributed by atoms with E-state index < -0.39 is 0 Å². The molecule has 1 aliphatic rings. The van der Waals surface area contributed by atoms with E-state index in [0.717, 1.165) is 24.8 Å². The second-order valence-corrected chi connectivity index (χ2v) is 6.38. The summed E-state index contributed by atoms with van der Waals surface area (Å²) in [5.74, 6) is 1.95. The summed E-state index contributed by atoms with van der Waals surface area (Å²) in [6, 6.07) is 0. The summed E-state index contributed by atoms with van der Waals surface area (Å²) < 4.78 is 5.41. The number of hydrogen-bond donors (Lipinski definition) is 1. The number of rotatable bonds is 7. The highest BCUT2D eigenvalue weighted by molar-refractivity contribution is 4.72. The van der Waals surface area contributed by atoms with E-state index in [9.17, 15) is 0 Å². The topological polar surface area (TPSA) is 21.3 Å². The van der Waals surface area contributed by atoms with Gasteiger partial charge in [-0.05, 0) is 51.6 Å². The van der Waals surface area contributed by atoms with E-state index in [1.165, 1.54) is 38.6 Å². The van der Waals surface area contributed by atoms with Crippen LogP contribution in [0.4, 0.5) is 0 Å². The van der Waals surface area contributed by atoms with Crippen LogP contribution in [0.25, 0.3) is 0 Å². The van der Waals surface area contributed by atoms with Gasteiger partial charge in [-0.2, -0.15) is 0 Å². The molecule has 2 nitrogen and oxygen atoms in total. The van der Waals surface area contributed by atoms with Crippen LogP contribution in [0.5, 0.6) is 0 Å². The van der Waals surface area contributed by atoms with Gasteiger partial charge in [-0.1, -0.05) is 32.6 Å².